The molecule has 20 heavy (non-hydrogen) atoms. The molecule has 0 bridgehead atoms. The normalized spacial score (nSPS) is 11.3. The molecule has 0 aliphatic rings. The fourth-order valence-electron chi connectivity index (χ4n) is 1.95. The van der Waals surface area contributed by atoms with Gasteiger partial charge in [-0.25, -0.2) is 8.42 Å². The Morgan fingerprint density at radius 2 is 1.80 bits per heavy atom. The van der Waals surface area contributed by atoms with Gasteiger partial charge < -0.3 is 5.73 Å². The molecule has 0 spiro atoms. The van der Waals surface area contributed by atoms with Gasteiger partial charge in [-0.05, 0) is 55.7 Å². The average molecular weight is 291 g/mol. The third kappa shape index (κ3) is 2.91. The summed E-state index contributed by atoms with van der Waals surface area (Å²) in [6, 6.07) is 4.94. The Bertz CT molecular complexity index is 755. The van der Waals surface area contributed by atoms with Crippen molar-refractivity contribution in [3.05, 3.63) is 47.3 Å². The van der Waals surface area contributed by atoms with Crippen molar-refractivity contribution in [1.82, 2.24) is 4.98 Å². The van der Waals surface area contributed by atoms with E-state index in [2.05, 4.69) is 9.71 Å². The first-order valence-electron chi connectivity index (χ1n) is 6.11. The van der Waals surface area contributed by atoms with Crippen molar-refractivity contribution in [1.29, 1.82) is 0 Å². The summed E-state index contributed by atoms with van der Waals surface area (Å²) in [5.41, 5.74) is 9.01. The number of nitrogen functional groups attached to an aromatic ring is 1. The van der Waals surface area contributed by atoms with E-state index in [0.717, 1.165) is 11.1 Å². The van der Waals surface area contributed by atoms with E-state index >= 15 is 0 Å². The van der Waals surface area contributed by atoms with Gasteiger partial charge in [-0.2, -0.15) is 0 Å². The first kappa shape index (κ1) is 14.3. The quantitative estimate of drug-likeness (QED) is 0.850. The SMILES string of the molecule is Cc1cncc(NS(=O)(=O)c2cc(N)cc(C)c2C)c1. The van der Waals surface area contributed by atoms with Crippen LogP contribution in [0.4, 0.5) is 11.4 Å². The second kappa shape index (κ2) is 5.13. The minimum absolute atomic E-state index is 0.191. The molecular weight excluding hydrogens is 274 g/mol. The zero-order valence-electron chi connectivity index (χ0n) is 11.6. The van der Waals surface area contributed by atoms with Crippen molar-refractivity contribution in [2.24, 2.45) is 0 Å². The molecule has 0 aliphatic carbocycles. The highest BCUT2D eigenvalue weighted by Gasteiger charge is 2.19. The number of anilines is 2. The van der Waals surface area contributed by atoms with Gasteiger partial charge in [-0.3, -0.25) is 9.71 Å². The zero-order chi connectivity index (χ0) is 14.9. The van der Waals surface area contributed by atoms with Crippen LogP contribution >= 0.6 is 0 Å². The molecule has 0 radical (unpaired) electrons. The van der Waals surface area contributed by atoms with Gasteiger partial charge in [0.25, 0.3) is 10.0 Å². The van der Waals surface area contributed by atoms with Crippen molar-refractivity contribution in [3.63, 3.8) is 0 Å². The molecule has 0 saturated heterocycles. The van der Waals surface area contributed by atoms with E-state index in [9.17, 15) is 8.42 Å². The Kier molecular flexibility index (Phi) is 3.67. The fourth-order valence-corrected chi connectivity index (χ4v) is 3.34. The summed E-state index contributed by atoms with van der Waals surface area (Å²) in [6.45, 7) is 5.44. The molecule has 106 valence electrons. The number of aromatic nitrogens is 1. The van der Waals surface area contributed by atoms with Gasteiger partial charge in [0, 0.05) is 11.9 Å². The molecule has 6 heteroatoms. The van der Waals surface area contributed by atoms with E-state index < -0.39 is 10.0 Å². The monoisotopic (exact) mass is 291 g/mol. The van der Waals surface area contributed by atoms with Crippen LogP contribution in [0, 0.1) is 20.8 Å². The number of aryl methyl sites for hydroxylation is 2. The molecule has 2 rings (SSSR count). The molecule has 0 amide bonds. The van der Waals surface area contributed by atoms with Gasteiger partial charge in [-0.1, -0.05) is 0 Å². The van der Waals surface area contributed by atoms with Crippen LogP contribution < -0.4 is 10.5 Å². The molecular formula is C14H17N3O2S. The maximum absolute atomic E-state index is 12.4. The van der Waals surface area contributed by atoms with Crippen LogP contribution in [-0.4, -0.2) is 13.4 Å². The van der Waals surface area contributed by atoms with E-state index in [-0.39, 0.29) is 4.90 Å². The highest BCUT2D eigenvalue weighted by Crippen LogP contribution is 2.24. The average Bonchev–Trinajstić information content (AvgIpc) is 2.33. The van der Waals surface area contributed by atoms with Crippen molar-refractivity contribution in [2.45, 2.75) is 25.7 Å². The third-order valence-electron chi connectivity index (χ3n) is 3.06. The molecule has 2 aromatic rings. The van der Waals surface area contributed by atoms with Crippen molar-refractivity contribution >= 4 is 21.4 Å². The molecule has 1 heterocycles. The van der Waals surface area contributed by atoms with Crippen LogP contribution in [0.3, 0.4) is 0 Å². The van der Waals surface area contributed by atoms with Crippen LogP contribution in [0.1, 0.15) is 16.7 Å². The number of sulfonamides is 1. The van der Waals surface area contributed by atoms with Gasteiger partial charge >= 0.3 is 0 Å². The summed E-state index contributed by atoms with van der Waals surface area (Å²) in [5, 5.41) is 0. The summed E-state index contributed by atoms with van der Waals surface area (Å²) in [7, 11) is -3.68. The van der Waals surface area contributed by atoms with Crippen LogP contribution in [0.5, 0.6) is 0 Å². The summed E-state index contributed by atoms with van der Waals surface area (Å²) < 4.78 is 27.4. The van der Waals surface area contributed by atoms with E-state index in [1.807, 2.05) is 13.8 Å². The molecule has 3 N–H and O–H groups in total. The Morgan fingerprint density at radius 3 is 2.45 bits per heavy atom. The first-order valence-corrected chi connectivity index (χ1v) is 7.59. The lowest BCUT2D eigenvalue weighted by Gasteiger charge is -2.13. The fraction of sp³-hybridized carbons (Fsp3) is 0.214. The summed E-state index contributed by atoms with van der Waals surface area (Å²) in [5.74, 6) is 0. The molecule has 0 fully saturated rings. The number of nitrogens with two attached hydrogens (primary N) is 1. The van der Waals surface area contributed by atoms with Crippen molar-refractivity contribution in [3.8, 4) is 0 Å². The number of nitrogens with zero attached hydrogens (tertiary/aromatic N) is 1. The van der Waals surface area contributed by atoms with Crippen LogP contribution in [0.15, 0.2) is 35.5 Å². The third-order valence-corrected chi connectivity index (χ3v) is 4.57. The highest BCUT2D eigenvalue weighted by atomic mass is 32.2. The smallest absolute Gasteiger partial charge is 0.262 e. The highest BCUT2D eigenvalue weighted by molar-refractivity contribution is 7.92. The number of nitrogens with one attached hydrogen (secondary N) is 1. The number of hydrogen-bond acceptors (Lipinski definition) is 4. The van der Waals surface area contributed by atoms with Crippen molar-refractivity contribution in [2.75, 3.05) is 10.5 Å². The lowest BCUT2D eigenvalue weighted by molar-refractivity contribution is 0.600. The second-order valence-electron chi connectivity index (χ2n) is 4.82. The van der Waals surface area contributed by atoms with Crippen molar-refractivity contribution < 1.29 is 8.42 Å². The van der Waals surface area contributed by atoms with Crippen LogP contribution in [0.2, 0.25) is 0 Å². The lowest BCUT2D eigenvalue weighted by atomic mass is 10.1. The zero-order valence-corrected chi connectivity index (χ0v) is 12.5. The molecule has 0 aliphatic heterocycles. The van der Waals surface area contributed by atoms with Gasteiger partial charge in [0.15, 0.2) is 0 Å². The molecule has 5 nitrogen and oxygen atoms in total. The number of benzene rings is 1. The summed E-state index contributed by atoms with van der Waals surface area (Å²) in [6.07, 6.45) is 3.13. The number of rotatable bonds is 3. The number of hydrogen-bond donors (Lipinski definition) is 2. The minimum atomic E-state index is -3.68. The Labute approximate surface area is 118 Å². The Morgan fingerprint density at radius 1 is 1.10 bits per heavy atom. The molecule has 1 aromatic heterocycles. The van der Waals surface area contributed by atoms with Crippen LogP contribution in [-0.2, 0) is 10.0 Å². The predicted molar refractivity (Wildman–Crippen MR) is 80.1 cm³/mol. The van der Waals surface area contributed by atoms with E-state index in [0.29, 0.717) is 16.9 Å². The topological polar surface area (TPSA) is 85.1 Å². The Hall–Kier alpha value is -2.08. The molecule has 0 atom stereocenters. The lowest BCUT2D eigenvalue weighted by Crippen LogP contribution is -2.15. The molecule has 0 unspecified atom stereocenters. The molecule has 1 aromatic carbocycles. The van der Waals surface area contributed by atoms with Gasteiger partial charge in [0.05, 0.1) is 16.8 Å². The van der Waals surface area contributed by atoms with Gasteiger partial charge in [0.2, 0.25) is 0 Å². The van der Waals surface area contributed by atoms with E-state index in [4.69, 9.17) is 5.73 Å². The standard InChI is InChI=1S/C14H17N3O2S/c1-9-4-13(8-16-7-9)17-20(18,19)14-6-12(15)5-10(2)11(14)3/h4-8,17H,15H2,1-3H3. The second-order valence-corrected chi connectivity index (χ2v) is 6.47. The summed E-state index contributed by atoms with van der Waals surface area (Å²) in [4.78, 5) is 4.16. The van der Waals surface area contributed by atoms with Crippen LogP contribution in [0.25, 0.3) is 0 Å². The van der Waals surface area contributed by atoms with Gasteiger partial charge in [0.1, 0.15) is 0 Å². The van der Waals surface area contributed by atoms with E-state index in [1.165, 1.54) is 12.3 Å². The van der Waals surface area contributed by atoms with Gasteiger partial charge in [-0.15, -0.1) is 0 Å². The largest absolute Gasteiger partial charge is 0.399 e. The predicted octanol–water partition coefficient (Wildman–Crippen LogP) is 2.39. The maximum Gasteiger partial charge on any atom is 0.262 e. The molecule has 0 saturated carbocycles. The maximum atomic E-state index is 12.4. The summed E-state index contributed by atoms with van der Waals surface area (Å²) >= 11 is 0. The number of pyridine rings is 1. The van der Waals surface area contributed by atoms with E-state index in [1.54, 1.807) is 25.3 Å². The Balaban J connectivity index is 2.46. The first-order chi connectivity index (χ1) is 9.29. The minimum Gasteiger partial charge on any atom is -0.399 e.